The van der Waals surface area contributed by atoms with Gasteiger partial charge in [0, 0.05) is 35.6 Å². The number of hydrazine groups is 1. The Balaban J connectivity index is 1.24. The number of anilines is 2. The van der Waals surface area contributed by atoms with Crippen LogP contribution in [0.2, 0.25) is 5.02 Å². The number of benzene rings is 2. The summed E-state index contributed by atoms with van der Waals surface area (Å²) in [5, 5.41) is 9.15. The Morgan fingerprint density at radius 2 is 1.84 bits per heavy atom. The Morgan fingerprint density at radius 1 is 1.06 bits per heavy atom. The molecule has 2 aliphatic rings. The van der Waals surface area contributed by atoms with E-state index in [0.717, 1.165) is 25.0 Å². The molecule has 0 aromatic heterocycles. The van der Waals surface area contributed by atoms with E-state index in [2.05, 4.69) is 26.8 Å². The van der Waals surface area contributed by atoms with Gasteiger partial charge in [-0.3, -0.25) is 4.79 Å². The van der Waals surface area contributed by atoms with Crippen molar-refractivity contribution in [3.63, 3.8) is 0 Å². The fraction of sp³-hybridized carbons (Fsp3) is 0.364. The van der Waals surface area contributed by atoms with Crippen molar-refractivity contribution >= 4 is 34.9 Å². The van der Waals surface area contributed by atoms with Gasteiger partial charge in [0.1, 0.15) is 6.04 Å². The van der Waals surface area contributed by atoms with Crippen LogP contribution in [0.4, 0.5) is 16.2 Å². The van der Waals surface area contributed by atoms with Crippen molar-refractivity contribution in [2.24, 2.45) is 0 Å². The zero-order valence-corrected chi connectivity index (χ0v) is 17.7. The molecular formula is C22H26ClN5O3. The van der Waals surface area contributed by atoms with Crippen LogP contribution in [-0.4, -0.2) is 37.2 Å². The molecule has 2 aromatic carbocycles. The molecule has 8 nitrogen and oxygen atoms in total. The molecular weight excluding hydrogens is 418 g/mol. The highest BCUT2D eigenvalue weighted by Gasteiger charge is 2.30. The largest absolute Gasteiger partial charge is 0.376 e. The highest BCUT2D eigenvalue weighted by molar-refractivity contribution is 6.30. The first kappa shape index (κ1) is 21.6. The number of carbonyl (C=O) groups excluding carboxylic acids is 2. The van der Waals surface area contributed by atoms with Gasteiger partial charge in [0.05, 0.1) is 6.10 Å². The lowest BCUT2D eigenvalue weighted by molar-refractivity contribution is -0.117. The third kappa shape index (κ3) is 5.95. The second-order valence-electron chi connectivity index (χ2n) is 7.72. The summed E-state index contributed by atoms with van der Waals surface area (Å²) in [7, 11) is 0. The van der Waals surface area contributed by atoms with Crippen LogP contribution in [0.3, 0.4) is 0 Å². The van der Waals surface area contributed by atoms with Gasteiger partial charge in [-0.2, -0.15) is 0 Å². The zero-order valence-electron chi connectivity index (χ0n) is 17.0. The fourth-order valence-electron chi connectivity index (χ4n) is 3.72. The maximum absolute atomic E-state index is 12.6. The second-order valence-corrected chi connectivity index (χ2v) is 8.16. The van der Waals surface area contributed by atoms with Crippen molar-refractivity contribution in [1.82, 2.24) is 16.2 Å². The molecule has 0 aliphatic carbocycles. The molecule has 31 heavy (non-hydrogen) atoms. The second kappa shape index (κ2) is 10.1. The standard InChI is InChI=1S/C22H26ClN5O3/c23-15-4-1-3-14(11-15)19-12-20(28-27-19)21(29)25-16-6-8-17(9-7-16)26-22(30)24-13-18-5-2-10-31-18/h1,3-4,6-9,11,18-20,27-28H,2,5,10,12-13H2,(H,25,29)(H2,24,26,30). The predicted octanol–water partition coefficient (Wildman–Crippen LogP) is 3.19. The monoisotopic (exact) mass is 443 g/mol. The minimum Gasteiger partial charge on any atom is -0.376 e. The number of nitrogens with one attached hydrogen (secondary N) is 5. The zero-order chi connectivity index (χ0) is 21.6. The summed E-state index contributed by atoms with van der Waals surface area (Å²) in [5.74, 6) is -0.132. The van der Waals surface area contributed by atoms with Gasteiger partial charge in [0.2, 0.25) is 5.91 Å². The number of halogens is 1. The average Bonchev–Trinajstić information content (AvgIpc) is 3.46. The Morgan fingerprint density at radius 3 is 2.55 bits per heavy atom. The van der Waals surface area contributed by atoms with E-state index in [9.17, 15) is 9.59 Å². The maximum atomic E-state index is 12.6. The van der Waals surface area contributed by atoms with Crippen molar-refractivity contribution in [1.29, 1.82) is 0 Å². The van der Waals surface area contributed by atoms with E-state index in [1.165, 1.54) is 0 Å². The molecule has 3 unspecified atom stereocenters. The Bertz CT molecular complexity index is 918. The summed E-state index contributed by atoms with van der Waals surface area (Å²) in [5.41, 5.74) is 8.52. The van der Waals surface area contributed by atoms with Gasteiger partial charge in [0.25, 0.3) is 0 Å². The minimum atomic E-state index is -0.370. The van der Waals surface area contributed by atoms with Crippen LogP contribution in [0.1, 0.15) is 30.9 Å². The predicted molar refractivity (Wildman–Crippen MR) is 120 cm³/mol. The summed E-state index contributed by atoms with van der Waals surface area (Å²) in [6, 6.07) is 14.0. The highest BCUT2D eigenvalue weighted by Crippen LogP contribution is 2.25. The molecule has 4 rings (SSSR count). The van der Waals surface area contributed by atoms with Gasteiger partial charge >= 0.3 is 6.03 Å². The molecule has 3 atom stereocenters. The smallest absolute Gasteiger partial charge is 0.319 e. The van der Waals surface area contributed by atoms with E-state index in [1.807, 2.05) is 24.3 Å². The summed E-state index contributed by atoms with van der Waals surface area (Å²) in [6.45, 7) is 1.26. The number of urea groups is 1. The molecule has 3 amide bonds. The molecule has 0 radical (unpaired) electrons. The van der Waals surface area contributed by atoms with Crippen molar-refractivity contribution in [2.45, 2.75) is 37.5 Å². The van der Waals surface area contributed by atoms with Gasteiger partial charge in [-0.1, -0.05) is 23.7 Å². The van der Waals surface area contributed by atoms with Crippen LogP contribution in [0.15, 0.2) is 48.5 Å². The van der Waals surface area contributed by atoms with E-state index >= 15 is 0 Å². The number of carbonyl (C=O) groups is 2. The van der Waals surface area contributed by atoms with Gasteiger partial charge in [-0.05, 0) is 61.2 Å². The van der Waals surface area contributed by atoms with E-state index < -0.39 is 0 Å². The first-order valence-electron chi connectivity index (χ1n) is 10.4. The van der Waals surface area contributed by atoms with Gasteiger partial charge < -0.3 is 20.7 Å². The van der Waals surface area contributed by atoms with E-state index in [0.29, 0.717) is 29.4 Å². The van der Waals surface area contributed by atoms with Crippen molar-refractivity contribution < 1.29 is 14.3 Å². The molecule has 0 bridgehead atoms. The highest BCUT2D eigenvalue weighted by atomic mass is 35.5. The van der Waals surface area contributed by atoms with Crippen molar-refractivity contribution in [3.8, 4) is 0 Å². The van der Waals surface area contributed by atoms with Crippen LogP contribution in [0.25, 0.3) is 0 Å². The van der Waals surface area contributed by atoms with Crippen LogP contribution >= 0.6 is 11.6 Å². The molecule has 5 N–H and O–H groups in total. The fourth-order valence-corrected chi connectivity index (χ4v) is 3.92. The molecule has 9 heteroatoms. The third-order valence-electron chi connectivity index (χ3n) is 5.40. The van der Waals surface area contributed by atoms with Crippen LogP contribution in [0, 0.1) is 0 Å². The average molecular weight is 444 g/mol. The Hall–Kier alpha value is -2.65. The molecule has 0 saturated carbocycles. The van der Waals surface area contributed by atoms with Crippen molar-refractivity contribution in [2.75, 3.05) is 23.8 Å². The maximum Gasteiger partial charge on any atom is 0.319 e. The molecule has 164 valence electrons. The molecule has 0 spiro atoms. The summed E-state index contributed by atoms with van der Waals surface area (Å²) in [4.78, 5) is 24.6. The van der Waals surface area contributed by atoms with Crippen molar-refractivity contribution in [3.05, 3.63) is 59.1 Å². The Labute approximate surface area is 186 Å². The number of hydrogen-bond acceptors (Lipinski definition) is 5. The lowest BCUT2D eigenvalue weighted by Crippen LogP contribution is -2.39. The Kier molecular flexibility index (Phi) is 7.03. The van der Waals surface area contributed by atoms with Gasteiger partial charge in [-0.15, -0.1) is 0 Å². The summed E-state index contributed by atoms with van der Waals surface area (Å²) in [6.07, 6.45) is 2.71. The van der Waals surface area contributed by atoms with E-state index in [-0.39, 0.29) is 30.1 Å². The quantitative estimate of drug-likeness (QED) is 0.471. The normalized spacial score (nSPS) is 22.8. The summed E-state index contributed by atoms with van der Waals surface area (Å²) >= 11 is 6.06. The lowest BCUT2D eigenvalue weighted by Gasteiger charge is -2.13. The number of hydrogen-bond donors (Lipinski definition) is 5. The molecule has 2 saturated heterocycles. The van der Waals surface area contributed by atoms with Gasteiger partial charge in [-0.25, -0.2) is 15.6 Å². The molecule has 2 aromatic rings. The lowest BCUT2D eigenvalue weighted by atomic mass is 10.0. The molecule has 2 heterocycles. The topological polar surface area (TPSA) is 104 Å². The van der Waals surface area contributed by atoms with E-state index in [4.69, 9.17) is 16.3 Å². The first-order chi connectivity index (χ1) is 15.1. The minimum absolute atomic E-state index is 0.00849. The number of amides is 3. The third-order valence-corrected chi connectivity index (χ3v) is 5.63. The number of rotatable bonds is 6. The van der Waals surface area contributed by atoms with Crippen LogP contribution < -0.4 is 26.8 Å². The van der Waals surface area contributed by atoms with Crippen LogP contribution in [-0.2, 0) is 9.53 Å². The van der Waals surface area contributed by atoms with Gasteiger partial charge in [0.15, 0.2) is 0 Å². The first-order valence-corrected chi connectivity index (χ1v) is 10.8. The molecule has 2 aliphatic heterocycles. The summed E-state index contributed by atoms with van der Waals surface area (Å²) < 4.78 is 5.49. The number of ether oxygens (including phenoxy) is 1. The van der Waals surface area contributed by atoms with Crippen LogP contribution in [0.5, 0.6) is 0 Å². The molecule has 2 fully saturated rings. The van der Waals surface area contributed by atoms with E-state index in [1.54, 1.807) is 24.3 Å². The SMILES string of the molecule is O=C(NCC1CCCO1)Nc1ccc(NC(=O)C2CC(c3cccc(Cl)c3)NN2)cc1.